The van der Waals surface area contributed by atoms with Crippen LogP contribution in [-0.2, 0) is 10.3 Å². The van der Waals surface area contributed by atoms with Crippen molar-refractivity contribution in [2.75, 3.05) is 26.7 Å². The molecule has 2 rings (SSSR count). The lowest BCUT2D eigenvalue weighted by Gasteiger charge is -2.41. The summed E-state index contributed by atoms with van der Waals surface area (Å²) in [6, 6.07) is 9.81. The fraction of sp³-hybridized carbons (Fsp3) is 0.533. The van der Waals surface area contributed by atoms with Crippen molar-refractivity contribution >= 4 is 5.91 Å². The number of carbonyl (C=O) groups excluding carboxylic acids is 1. The van der Waals surface area contributed by atoms with Crippen LogP contribution in [0.1, 0.15) is 19.4 Å². The van der Waals surface area contributed by atoms with E-state index in [0.29, 0.717) is 0 Å². The highest BCUT2D eigenvalue weighted by atomic mass is 16.2. The van der Waals surface area contributed by atoms with E-state index in [2.05, 4.69) is 18.9 Å². The van der Waals surface area contributed by atoms with Gasteiger partial charge in [0.25, 0.3) is 0 Å². The van der Waals surface area contributed by atoms with Gasteiger partial charge in [-0.3, -0.25) is 4.79 Å². The second-order valence-corrected chi connectivity index (χ2v) is 5.68. The molecular formula is C15H23N3O. The van der Waals surface area contributed by atoms with Crippen molar-refractivity contribution in [2.45, 2.75) is 25.4 Å². The van der Waals surface area contributed by atoms with Crippen LogP contribution in [0.2, 0.25) is 0 Å². The number of hydrogen-bond acceptors (Lipinski definition) is 3. The topological polar surface area (TPSA) is 49.6 Å². The van der Waals surface area contributed by atoms with Gasteiger partial charge in [-0.05, 0) is 26.5 Å². The second kappa shape index (κ2) is 5.31. The van der Waals surface area contributed by atoms with Crippen molar-refractivity contribution in [3.05, 3.63) is 35.9 Å². The van der Waals surface area contributed by atoms with Crippen LogP contribution < -0.4 is 5.73 Å². The molecule has 0 saturated carbocycles. The average Bonchev–Trinajstić information content (AvgIpc) is 2.39. The van der Waals surface area contributed by atoms with E-state index in [1.54, 1.807) is 6.92 Å². The predicted molar refractivity (Wildman–Crippen MR) is 76.7 cm³/mol. The molecule has 0 aliphatic carbocycles. The Morgan fingerprint density at radius 1 is 1.32 bits per heavy atom. The van der Waals surface area contributed by atoms with Crippen LogP contribution in [0.3, 0.4) is 0 Å². The minimum absolute atomic E-state index is 0.0132. The third-order valence-electron chi connectivity index (χ3n) is 3.91. The molecular weight excluding hydrogens is 238 g/mol. The first-order valence-corrected chi connectivity index (χ1v) is 6.77. The van der Waals surface area contributed by atoms with Gasteiger partial charge in [0.2, 0.25) is 5.91 Å². The maximum Gasteiger partial charge on any atom is 0.247 e. The Balaban J connectivity index is 2.19. The number of rotatable bonds is 2. The Morgan fingerprint density at radius 2 is 1.95 bits per heavy atom. The van der Waals surface area contributed by atoms with Gasteiger partial charge in [0, 0.05) is 25.7 Å². The van der Waals surface area contributed by atoms with E-state index in [0.717, 1.165) is 25.2 Å². The summed E-state index contributed by atoms with van der Waals surface area (Å²) < 4.78 is 0. The summed E-state index contributed by atoms with van der Waals surface area (Å²) >= 11 is 0. The zero-order valence-corrected chi connectivity index (χ0v) is 12.0. The molecule has 2 unspecified atom stereocenters. The van der Waals surface area contributed by atoms with Gasteiger partial charge in [0.05, 0.1) is 0 Å². The summed E-state index contributed by atoms with van der Waals surface area (Å²) in [6.07, 6.45) is 0. The van der Waals surface area contributed by atoms with Crippen LogP contribution >= 0.6 is 0 Å². The van der Waals surface area contributed by atoms with Crippen molar-refractivity contribution < 1.29 is 4.79 Å². The first kappa shape index (κ1) is 14.0. The van der Waals surface area contributed by atoms with Crippen LogP contribution in [0.5, 0.6) is 0 Å². The Kier molecular flexibility index (Phi) is 3.92. The van der Waals surface area contributed by atoms with Crippen LogP contribution in [-0.4, -0.2) is 48.4 Å². The van der Waals surface area contributed by atoms with E-state index in [4.69, 9.17) is 5.73 Å². The minimum Gasteiger partial charge on any atom is -0.336 e. The summed E-state index contributed by atoms with van der Waals surface area (Å²) in [5, 5.41) is 0. The minimum atomic E-state index is -0.953. The van der Waals surface area contributed by atoms with Gasteiger partial charge in [-0.1, -0.05) is 30.3 Å². The molecule has 1 fully saturated rings. The van der Waals surface area contributed by atoms with E-state index >= 15 is 0 Å². The molecule has 1 aromatic carbocycles. The summed E-state index contributed by atoms with van der Waals surface area (Å²) in [5.74, 6) is 0.0132. The van der Waals surface area contributed by atoms with E-state index in [1.807, 2.05) is 35.2 Å². The lowest BCUT2D eigenvalue weighted by Crippen LogP contribution is -2.59. The molecule has 1 aliphatic rings. The Labute approximate surface area is 115 Å². The fourth-order valence-corrected chi connectivity index (χ4v) is 2.65. The molecule has 1 saturated heterocycles. The molecule has 0 aromatic heterocycles. The highest BCUT2D eigenvalue weighted by Gasteiger charge is 2.37. The van der Waals surface area contributed by atoms with Gasteiger partial charge in [-0.25, -0.2) is 0 Å². The van der Waals surface area contributed by atoms with Gasteiger partial charge >= 0.3 is 0 Å². The van der Waals surface area contributed by atoms with Crippen LogP contribution in [0.15, 0.2) is 30.3 Å². The molecule has 4 heteroatoms. The Hall–Kier alpha value is -1.39. The van der Waals surface area contributed by atoms with Crippen molar-refractivity contribution in [2.24, 2.45) is 5.73 Å². The number of likely N-dealkylation sites (N-methyl/N-ethyl adjacent to an activating group) is 1. The number of carbonyl (C=O) groups is 1. The zero-order chi connectivity index (χ0) is 14.0. The zero-order valence-electron chi connectivity index (χ0n) is 12.0. The van der Waals surface area contributed by atoms with Crippen LogP contribution in [0.4, 0.5) is 0 Å². The van der Waals surface area contributed by atoms with Gasteiger partial charge in [0.1, 0.15) is 5.54 Å². The van der Waals surface area contributed by atoms with Crippen molar-refractivity contribution in [1.29, 1.82) is 0 Å². The predicted octanol–water partition coefficient (Wildman–Crippen LogP) is 1.02. The Morgan fingerprint density at radius 3 is 2.53 bits per heavy atom. The maximum atomic E-state index is 12.7. The molecule has 2 N–H and O–H groups in total. The molecule has 19 heavy (non-hydrogen) atoms. The van der Waals surface area contributed by atoms with E-state index in [1.165, 1.54) is 0 Å². The largest absolute Gasteiger partial charge is 0.336 e. The smallest absolute Gasteiger partial charge is 0.247 e. The maximum absolute atomic E-state index is 12.7. The highest BCUT2D eigenvalue weighted by Crippen LogP contribution is 2.22. The molecule has 1 amide bonds. The first-order chi connectivity index (χ1) is 8.93. The van der Waals surface area contributed by atoms with Gasteiger partial charge in [0.15, 0.2) is 0 Å². The number of piperazine rings is 1. The summed E-state index contributed by atoms with van der Waals surface area (Å²) in [7, 11) is 2.08. The van der Waals surface area contributed by atoms with E-state index in [-0.39, 0.29) is 11.9 Å². The third kappa shape index (κ3) is 2.80. The van der Waals surface area contributed by atoms with E-state index < -0.39 is 5.54 Å². The molecule has 0 spiro atoms. The summed E-state index contributed by atoms with van der Waals surface area (Å²) in [4.78, 5) is 16.9. The second-order valence-electron chi connectivity index (χ2n) is 5.68. The summed E-state index contributed by atoms with van der Waals surface area (Å²) in [5.41, 5.74) is 6.22. The fourth-order valence-electron chi connectivity index (χ4n) is 2.65. The van der Waals surface area contributed by atoms with Crippen LogP contribution in [0.25, 0.3) is 0 Å². The lowest BCUT2D eigenvalue weighted by molar-refractivity contribution is -0.141. The number of hydrogen-bond donors (Lipinski definition) is 1. The number of amides is 1. The molecule has 1 aromatic rings. The Bertz CT molecular complexity index is 444. The van der Waals surface area contributed by atoms with Crippen molar-refractivity contribution in [3.63, 3.8) is 0 Å². The molecule has 0 radical (unpaired) electrons. The monoisotopic (exact) mass is 261 g/mol. The molecule has 4 nitrogen and oxygen atoms in total. The van der Waals surface area contributed by atoms with Crippen LogP contribution in [0, 0.1) is 0 Å². The number of benzene rings is 1. The molecule has 104 valence electrons. The summed E-state index contributed by atoms with van der Waals surface area (Å²) in [6.45, 7) is 6.43. The highest BCUT2D eigenvalue weighted by molar-refractivity contribution is 5.87. The molecule has 2 atom stereocenters. The first-order valence-electron chi connectivity index (χ1n) is 6.77. The lowest BCUT2D eigenvalue weighted by atomic mass is 9.91. The standard InChI is InChI=1S/C15H23N3O/c1-12-11-17(3)9-10-18(12)14(19)15(2,16)13-7-5-4-6-8-13/h4-8,12H,9-11,16H2,1-3H3. The quantitative estimate of drug-likeness (QED) is 0.865. The van der Waals surface area contributed by atoms with Gasteiger partial charge in [-0.2, -0.15) is 0 Å². The number of nitrogens with zero attached hydrogens (tertiary/aromatic N) is 2. The number of nitrogens with two attached hydrogens (primary N) is 1. The average molecular weight is 261 g/mol. The van der Waals surface area contributed by atoms with E-state index in [9.17, 15) is 4.79 Å². The molecule has 1 heterocycles. The SMILES string of the molecule is CC1CN(C)CCN1C(=O)C(C)(N)c1ccccc1. The molecule has 1 aliphatic heterocycles. The normalized spacial score (nSPS) is 24.0. The third-order valence-corrected chi connectivity index (χ3v) is 3.91. The van der Waals surface area contributed by atoms with Crippen molar-refractivity contribution in [1.82, 2.24) is 9.80 Å². The molecule has 0 bridgehead atoms. The van der Waals surface area contributed by atoms with Crippen molar-refractivity contribution in [3.8, 4) is 0 Å². The van der Waals surface area contributed by atoms with Gasteiger partial charge in [-0.15, -0.1) is 0 Å². The van der Waals surface area contributed by atoms with Gasteiger partial charge < -0.3 is 15.5 Å².